The Labute approximate surface area is 189 Å². The zero-order chi connectivity index (χ0) is 21.8. The Morgan fingerprint density at radius 1 is 1.06 bits per heavy atom. The number of rotatable bonds is 6. The SMILES string of the molecule is O=C(Nc1sc(=Nc2ccccc2)n(CC2CCCO2)c1-c1ccccc1)c1ccco1. The summed E-state index contributed by atoms with van der Waals surface area (Å²) < 4.78 is 13.4. The fraction of sp³-hybridized carbons (Fsp3) is 0.200. The van der Waals surface area contributed by atoms with E-state index < -0.39 is 0 Å². The number of anilines is 1. The Morgan fingerprint density at radius 2 is 1.84 bits per heavy atom. The highest BCUT2D eigenvalue weighted by Crippen LogP contribution is 2.32. The van der Waals surface area contributed by atoms with E-state index >= 15 is 0 Å². The highest BCUT2D eigenvalue weighted by Gasteiger charge is 2.23. The van der Waals surface area contributed by atoms with Gasteiger partial charge in [0.05, 0.1) is 30.3 Å². The van der Waals surface area contributed by atoms with Crippen molar-refractivity contribution in [2.75, 3.05) is 11.9 Å². The highest BCUT2D eigenvalue weighted by molar-refractivity contribution is 7.14. The van der Waals surface area contributed by atoms with Gasteiger partial charge in [-0.15, -0.1) is 0 Å². The quantitative estimate of drug-likeness (QED) is 0.428. The molecule has 0 saturated carbocycles. The van der Waals surface area contributed by atoms with E-state index in [1.165, 1.54) is 17.6 Å². The normalized spacial score (nSPS) is 16.4. The number of amides is 1. The van der Waals surface area contributed by atoms with Crippen molar-refractivity contribution in [3.05, 3.63) is 89.6 Å². The van der Waals surface area contributed by atoms with Crippen LogP contribution in [0.15, 0.2) is 88.5 Å². The van der Waals surface area contributed by atoms with Crippen molar-refractivity contribution in [1.82, 2.24) is 4.57 Å². The summed E-state index contributed by atoms with van der Waals surface area (Å²) in [6, 6.07) is 23.3. The first-order valence-electron chi connectivity index (χ1n) is 10.6. The number of thiazole rings is 1. The van der Waals surface area contributed by atoms with E-state index in [-0.39, 0.29) is 17.8 Å². The maximum atomic E-state index is 12.8. The Bertz CT molecular complexity index is 1240. The molecule has 1 fully saturated rings. The predicted molar refractivity (Wildman–Crippen MR) is 125 cm³/mol. The number of para-hydroxylation sites is 1. The molecular formula is C25H23N3O3S. The van der Waals surface area contributed by atoms with Crippen LogP contribution in [0.2, 0.25) is 0 Å². The van der Waals surface area contributed by atoms with E-state index in [9.17, 15) is 4.79 Å². The van der Waals surface area contributed by atoms with E-state index in [0.717, 1.165) is 46.2 Å². The number of nitrogens with zero attached hydrogens (tertiary/aromatic N) is 2. The zero-order valence-corrected chi connectivity index (χ0v) is 18.3. The Morgan fingerprint density at radius 3 is 2.53 bits per heavy atom. The zero-order valence-electron chi connectivity index (χ0n) is 17.4. The van der Waals surface area contributed by atoms with E-state index in [0.29, 0.717) is 6.54 Å². The van der Waals surface area contributed by atoms with E-state index in [2.05, 4.69) is 9.88 Å². The first-order chi connectivity index (χ1) is 15.8. The van der Waals surface area contributed by atoms with E-state index in [1.807, 2.05) is 60.7 Å². The monoisotopic (exact) mass is 445 g/mol. The number of carbonyl (C=O) groups is 1. The summed E-state index contributed by atoms with van der Waals surface area (Å²) in [4.78, 5) is 18.5. The van der Waals surface area contributed by atoms with Crippen LogP contribution in [0.4, 0.5) is 10.7 Å². The second-order valence-electron chi connectivity index (χ2n) is 7.55. The van der Waals surface area contributed by atoms with Crippen molar-refractivity contribution in [3.63, 3.8) is 0 Å². The summed E-state index contributed by atoms with van der Waals surface area (Å²) in [5.74, 6) is -0.0198. The van der Waals surface area contributed by atoms with Crippen LogP contribution in [0, 0.1) is 0 Å². The third-order valence-electron chi connectivity index (χ3n) is 5.32. The largest absolute Gasteiger partial charge is 0.459 e. The maximum absolute atomic E-state index is 12.8. The number of furan rings is 1. The van der Waals surface area contributed by atoms with Crippen molar-refractivity contribution in [1.29, 1.82) is 0 Å². The van der Waals surface area contributed by atoms with Crippen LogP contribution >= 0.6 is 11.3 Å². The molecule has 1 atom stereocenters. The molecule has 1 saturated heterocycles. The van der Waals surface area contributed by atoms with Crippen molar-refractivity contribution in [3.8, 4) is 11.3 Å². The highest BCUT2D eigenvalue weighted by atomic mass is 32.1. The molecule has 1 unspecified atom stereocenters. The molecule has 1 aliphatic heterocycles. The first kappa shape index (κ1) is 20.5. The minimum absolute atomic E-state index is 0.121. The molecular weight excluding hydrogens is 422 g/mol. The summed E-state index contributed by atoms with van der Waals surface area (Å²) >= 11 is 1.45. The van der Waals surface area contributed by atoms with Gasteiger partial charge in [-0.05, 0) is 37.1 Å². The molecule has 162 valence electrons. The van der Waals surface area contributed by atoms with Gasteiger partial charge < -0.3 is 19.0 Å². The van der Waals surface area contributed by atoms with Gasteiger partial charge in [-0.25, -0.2) is 4.99 Å². The summed E-state index contributed by atoms with van der Waals surface area (Å²) in [5.41, 5.74) is 2.78. The van der Waals surface area contributed by atoms with Gasteiger partial charge in [0, 0.05) is 12.2 Å². The smallest absolute Gasteiger partial charge is 0.292 e. The molecule has 5 rings (SSSR count). The molecule has 32 heavy (non-hydrogen) atoms. The number of hydrogen-bond acceptors (Lipinski definition) is 5. The lowest BCUT2D eigenvalue weighted by atomic mass is 10.1. The van der Waals surface area contributed by atoms with Crippen molar-refractivity contribution >= 4 is 27.9 Å². The van der Waals surface area contributed by atoms with Crippen molar-refractivity contribution in [2.24, 2.45) is 4.99 Å². The minimum Gasteiger partial charge on any atom is -0.459 e. The van der Waals surface area contributed by atoms with Crippen LogP contribution < -0.4 is 10.1 Å². The van der Waals surface area contributed by atoms with Crippen LogP contribution in [0.5, 0.6) is 0 Å². The van der Waals surface area contributed by atoms with Crippen LogP contribution in [0.3, 0.4) is 0 Å². The maximum Gasteiger partial charge on any atom is 0.292 e. The van der Waals surface area contributed by atoms with Crippen LogP contribution in [-0.4, -0.2) is 23.2 Å². The fourth-order valence-electron chi connectivity index (χ4n) is 3.81. The number of hydrogen-bond donors (Lipinski definition) is 1. The molecule has 0 radical (unpaired) electrons. The third-order valence-corrected chi connectivity index (χ3v) is 6.31. The van der Waals surface area contributed by atoms with E-state index in [4.69, 9.17) is 14.1 Å². The van der Waals surface area contributed by atoms with Gasteiger partial charge >= 0.3 is 0 Å². The molecule has 4 aromatic rings. The lowest BCUT2D eigenvalue weighted by molar-refractivity contribution is 0.0968. The Hall–Kier alpha value is -3.42. The van der Waals surface area contributed by atoms with Crippen LogP contribution in [-0.2, 0) is 11.3 Å². The average molecular weight is 446 g/mol. The number of carbonyl (C=O) groups excluding carboxylic acids is 1. The number of benzene rings is 2. The van der Waals surface area contributed by atoms with Crippen molar-refractivity contribution < 1.29 is 13.9 Å². The summed E-state index contributed by atoms with van der Waals surface area (Å²) in [5, 5.41) is 3.77. The van der Waals surface area contributed by atoms with E-state index in [1.54, 1.807) is 12.1 Å². The Balaban J connectivity index is 1.66. The van der Waals surface area contributed by atoms with Gasteiger partial charge in [-0.2, -0.15) is 0 Å². The fourth-order valence-corrected chi connectivity index (χ4v) is 4.89. The molecule has 1 N–H and O–H groups in total. The molecule has 1 amide bonds. The predicted octanol–water partition coefficient (Wildman–Crippen LogP) is 5.47. The molecule has 0 aliphatic carbocycles. The summed E-state index contributed by atoms with van der Waals surface area (Å²) in [6.45, 7) is 1.45. The number of aromatic nitrogens is 1. The lowest BCUT2D eigenvalue weighted by Crippen LogP contribution is -2.24. The molecule has 0 bridgehead atoms. The molecule has 7 heteroatoms. The number of ether oxygens (including phenoxy) is 1. The topological polar surface area (TPSA) is 68.8 Å². The van der Waals surface area contributed by atoms with Gasteiger partial charge in [0.1, 0.15) is 5.00 Å². The van der Waals surface area contributed by atoms with Gasteiger partial charge in [0.2, 0.25) is 0 Å². The molecule has 0 spiro atoms. The van der Waals surface area contributed by atoms with Gasteiger partial charge in [-0.3, -0.25) is 4.79 Å². The van der Waals surface area contributed by atoms with Gasteiger partial charge in [-0.1, -0.05) is 59.9 Å². The van der Waals surface area contributed by atoms with Gasteiger partial charge in [0.25, 0.3) is 5.91 Å². The second kappa shape index (κ2) is 9.38. The molecule has 6 nitrogen and oxygen atoms in total. The number of nitrogens with one attached hydrogen (secondary N) is 1. The molecule has 3 heterocycles. The first-order valence-corrected chi connectivity index (χ1v) is 11.4. The average Bonchev–Trinajstić information content (AvgIpc) is 3.58. The van der Waals surface area contributed by atoms with Gasteiger partial charge in [0.15, 0.2) is 10.6 Å². The Kier molecular flexibility index (Phi) is 6.00. The molecule has 2 aromatic heterocycles. The van der Waals surface area contributed by atoms with Crippen LogP contribution in [0.25, 0.3) is 11.3 Å². The molecule has 1 aliphatic rings. The summed E-state index contributed by atoms with van der Waals surface area (Å²) in [7, 11) is 0. The van der Waals surface area contributed by atoms with Crippen LogP contribution in [0.1, 0.15) is 23.4 Å². The third kappa shape index (κ3) is 4.44. The summed E-state index contributed by atoms with van der Waals surface area (Å²) in [6.07, 6.45) is 3.68. The lowest BCUT2D eigenvalue weighted by Gasteiger charge is -2.15. The van der Waals surface area contributed by atoms with Crippen molar-refractivity contribution in [2.45, 2.75) is 25.5 Å². The standard InChI is InChI=1S/C25H23N3O3S/c29-23(21-14-8-16-31-21)27-24-22(18-9-3-1-4-10-18)28(17-20-13-7-15-30-20)25(32-24)26-19-11-5-2-6-12-19/h1-6,8-12,14,16,20H,7,13,15,17H2,(H,27,29). The second-order valence-corrected chi connectivity index (χ2v) is 8.53. The molecule has 2 aromatic carbocycles. The minimum atomic E-state index is -0.288.